The molecule has 1 amide bonds. The van der Waals surface area contributed by atoms with Crippen molar-refractivity contribution in [2.75, 3.05) is 39.8 Å². The summed E-state index contributed by atoms with van der Waals surface area (Å²) < 4.78 is 5.17. The van der Waals surface area contributed by atoms with Crippen LogP contribution in [0.1, 0.15) is 18.1 Å². The van der Waals surface area contributed by atoms with Crippen molar-refractivity contribution >= 4 is 12.0 Å². The van der Waals surface area contributed by atoms with Crippen LogP contribution in [0.4, 0.5) is 0 Å². The largest absolute Gasteiger partial charge is 0.497 e. The Morgan fingerprint density at radius 1 is 1.07 bits per heavy atom. The quantitative estimate of drug-likeness (QED) is 0.749. The van der Waals surface area contributed by atoms with Crippen molar-refractivity contribution in [2.45, 2.75) is 19.5 Å². The van der Waals surface area contributed by atoms with Crippen LogP contribution in [0.2, 0.25) is 0 Å². The van der Waals surface area contributed by atoms with Gasteiger partial charge in [0, 0.05) is 39.3 Å². The van der Waals surface area contributed by atoms with Crippen LogP contribution < -0.4 is 10.1 Å². The van der Waals surface area contributed by atoms with E-state index >= 15 is 0 Å². The molecule has 1 aliphatic rings. The first-order valence-electron chi connectivity index (χ1n) is 10.2. The summed E-state index contributed by atoms with van der Waals surface area (Å²) in [6.07, 6.45) is 4.39. The summed E-state index contributed by atoms with van der Waals surface area (Å²) in [6, 6.07) is 18.0. The van der Waals surface area contributed by atoms with Gasteiger partial charge in [-0.05, 0) is 30.2 Å². The first-order chi connectivity index (χ1) is 14.2. The summed E-state index contributed by atoms with van der Waals surface area (Å²) in [5, 5.41) is 3.05. The van der Waals surface area contributed by atoms with Gasteiger partial charge in [0.2, 0.25) is 5.91 Å². The van der Waals surface area contributed by atoms with Crippen LogP contribution in [0, 0.1) is 0 Å². The average Bonchev–Trinajstić information content (AvgIpc) is 2.78. The number of nitrogens with zero attached hydrogens (tertiary/aromatic N) is 2. The average molecular weight is 394 g/mol. The van der Waals surface area contributed by atoms with Crippen LogP contribution in [-0.4, -0.2) is 61.6 Å². The van der Waals surface area contributed by atoms with Gasteiger partial charge >= 0.3 is 0 Å². The SMILES string of the molecule is COc1ccc(CNC(=O)[C@@H](C)N2CCN(C/C=C/c3ccccc3)CC2)cc1. The smallest absolute Gasteiger partial charge is 0.237 e. The molecule has 0 unspecified atom stereocenters. The monoisotopic (exact) mass is 393 g/mol. The van der Waals surface area contributed by atoms with Crippen LogP contribution in [-0.2, 0) is 11.3 Å². The van der Waals surface area contributed by atoms with Crippen molar-refractivity contribution in [3.8, 4) is 5.75 Å². The summed E-state index contributed by atoms with van der Waals surface area (Å²) in [5.41, 5.74) is 2.30. The molecule has 1 aliphatic heterocycles. The number of hydrogen-bond acceptors (Lipinski definition) is 4. The normalized spacial score (nSPS) is 16.6. The number of methoxy groups -OCH3 is 1. The van der Waals surface area contributed by atoms with E-state index in [0.717, 1.165) is 44.0 Å². The maximum absolute atomic E-state index is 12.5. The lowest BCUT2D eigenvalue weighted by molar-refractivity contribution is -0.126. The Labute approximate surface area is 174 Å². The zero-order valence-corrected chi connectivity index (χ0v) is 17.4. The third-order valence-electron chi connectivity index (χ3n) is 5.43. The molecule has 1 atom stereocenters. The molecule has 2 aromatic rings. The summed E-state index contributed by atoms with van der Waals surface area (Å²) in [5.74, 6) is 0.906. The highest BCUT2D eigenvalue weighted by Gasteiger charge is 2.24. The van der Waals surface area contributed by atoms with Crippen LogP contribution >= 0.6 is 0 Å². The number of carbonyl (C=O) groups excluding carboxylic acids is 1. The molecular formula is C24H31N3O2. The molecule has 1 N–H and O–H groups in total. The lowest BCUT2D eigenvalue weighted by Gasteiger charge is -2.37. The Morgan fingerprint density at radius 2 is 1.76 bits per heavy atom. The summed E-state index contributed by atoms with van der Waals surface area (Å²) in [4.78, 5) is 17.2. The Morgan fingerprint density at radius 3 is 2.41 bits per heavy atom. The first-order valence-corrected chi connectivity index (χ1v) is 10.2. The van der Waals surface area contributed by atoms with Gasteiger partial charge in [0.05, 0.1) is 13.2 Å². The molecule has 0 aromatic heterocycles. The molecule has 5 nitrogen and oxygen atoms in total. The minimum absolute atomic E-state index is 0.0817. The van der Waals surface area contributed by atoms with Gasteiger partial charge in [-0.2, -0.15) is 0 Å². The molecule has 1 heterocycles. The standard InChI is InChI=1S/C24H31N3O2/c1-20(24(28)25-19-22-10-12-23(29-2)13-11-22)27-17-15-26(16-18-27)14-6-9-21-7-4-3-5-8-21/h3-13,20H,14-19H2,1-2H3,(H,25,28)/b9-6+/t20-/m1/s1. The molecule has 0 saturated carbocycles. The van der Waals surface area contributed by atoms with Crippen molar-refractivity contribution in [3.63, 3.8) is 0 Å². The van der Waals surface area contributed by atoms with Gasteiger partial charge in [0.15, 0.2) is 0 Å². The number of ether oxygens (including phenoxy) is 1. The summed E-state index contributed by atoms with van der Waals surface area (Å²) >= 11 is 0. The maximum atomic E-state index is 12.5. The second-order valence-corrected chi connectivity index (χ2v) is 7.39. The van der Waals surface area contributed by atoms with Gasteiger partial charge in [-0.15, -0.1) is 0 Å². The third-order valence-corrected chi connectivity index (χ3v) is 5.43. The minimum atomic E-state index is -0.116. The number of carbonyl (C=O) groups is 1. The predicted molar refractivity (Wildman–Crippen MR) is 118 cm³/mol. The molecular weight excluding hydrogens is 362 g/mol. The van der Waals surface area contributed by atoms with Gasteiger partial charge < -0.3 is 10.1 Å². The van der Waals surface area contributed by atoms with Crippen molar-refractivity contribution in [2.24, 2.45) is 0 Å². The number of piperazine rings is 1. The van der Waals surface area contributed by atoms with E-state index in [1.54, 1.807) is 7.11 Å². The van der Waals surface area contributed by atoms with E-state index in [1.165, 1.54) is 5.56 Å². The molecule has 3 rings (SSSR count). The fraction of sp³-hybridized carbons (Fsp3) is 0.375. The summed E-state index contributed by atoms with van der Waals surface area (Å²) in [6.45, 7) is 7.27. The third kappa shape index (κ3) is 6.44. The van der Waals surface area contributed by atoms with Crippen LogP contribution in [0.3, 0.4) is 0 Å². The number of nitrogens with one attached hydrogen (secondary N) is 1. The molecule has 29 heavy (non-hydrogen) atoms. The van der Waals surface area contributed by atoms with E-state index in [4.69, 9.17) is 4.74 Å². The van der Waals surface area contributed by atoms with Crippen LogP contribution in [0.25, 0.3) is 6.08 Å². The Kier molecular flexibility index (Phi) is 7.85. The second kappa shape index (κ2) is 10.8. The van der Waals surface area contributed by atoms with E-state index in [2.05, 4.69) is 51.5 Å². The van der Waals surface area contributed by atoms with Crippen LogP contribution in [0.5, 0.6) is 5.75 Å². The van der Waals surface area contributed by atoms with Crippen molar-refractivity contribution in [3.05, 3.63) is 71.8 Å². The molecule has 0 spiro atoms. The lowest BCUT2D eigenvalue weighted by atomic mass is 10.2. The van der Waals surface area contributed by atoms with Crippen molar-refractivity contribution in [1.29, 1.82) is 0 Å². The number of rotatable bonds is 8. The molecule has 154 valence electrons. The zero-order chi connectivity index (χ0) is 20.5. The highest BCUT2D eigenvalue weighted by Crippen LogP contribution is 2.12. The summed E-state index contributed by atoms with van der Waals surface area (Å²) in [7, 11) is 1.65. The molecule has 1 saturated heterocycles. The van der Waals surface area contributed by atoms with Gasteiger partial charge in [-0.3, -0.25) is 14.6 Å². The maximum Gasteiger partial charge on any atom is 0.237 e. The number of benzene rings is 2. The van der Waals surface area contributed by atoms with E-state index in [0.29, 0.717) is 6.54 Å². The van der Waals surface area contributed by atoms with E-state index in [1.807, 2.05) is 37.3 Å². The Hall–Kier alpha value is -2.63. The van der Waals surface area contributed by atoms with Gasteiger partial charge in [0.1, 0.15) is 5.75 Å². The first kappa shape index (κ1) is 21.1. The molecule has 5 heteroatoms. The highest BCUT2D eigenvalue weighted by atomic mass is 16.5. The number of amides is 1. The lowest BCUT2D eigenvalue weighted by Crippen LogP contribution is -2.53. The molecule has 0 aliphatic carbocycles. The van der Waals surface area contributed by atoms with Gasteiger partial charge in [0.25, 0.3) is 0 Å². The molecule has 0 radical (unpaired) electrons. The minimum Gasteiger partial charge on any atom is -0.497 e. The molecule has 1 fully saturated rings. The Balaban J connectivity index is 1.38. The highest BCUT2D eigenvalue weighted by molar-refractivity contribution is 5.81. The Bertz CT molecular complexity index is 782. The second-order valence-electron chi connectivity index (χ2n) is 7.39. The molecule has 0 bridgehead atoms. The molecule has 2 aromatic carbocycles. The number of hydrogen-bond donors (Lipinski definition) is 1. The topological polar surface area (TPSA) is 44.8 Å². The van der Waals surface area contributed by atoms with E-state index < -0.39 is 0 Å². The van der Waals surface area contributed by atoms with Gasteiger partial charge in [-0.25, -0.2) is 0 Å². The van der Waals surface area contributed by atoms with Crippen LogP contribution in [0.15, 0.2) is 60.7 Å². The fourth-order valence-corrected chi connectivity index (χ4v) is 3.48. The fourth-order valence-electron chi connectivity index (χ4n) is 3.48. The predicted octanol–water partition coefficient (Wildman–Crippen LogP) is 3.03. The van der Waals surface area contributed by atoms with Crippen molar-refractivity contribution < 1.29 is 9.53 Å². The van der Waals surface area contributed by atoms with Crippen molar-refractivity contribution in [1.82, 2.24) is 15.1 Å². The zero-order valence-electron chi connectivity index (χ0n) is 17.4. The van der Waals surface area contributed by atoms with E-state index in [-0.39, 0.29) is 11.9 Å². The van der Waals surface area contributed by atoms with Gasteiger partial charge in [-0.1, -0.05) is 54.6 Å². The van der Waals surface area contributed by atoms with E-state index in [9.17, 15) is 4.79 Å².